The van der Waals surface area contributed by atoms with E-state index >= 15 is 0 Å². The molecule has 0 bridgehead atoms. The number of aromatic nitrogens is 2. The summed E-state index contributed by atoms with van der Waals surface area (Å²) in [5.41, 5.74) is 1.21. The van der Waals surface area contributed by atoms with Crippen LogP contribution in [0.4, 0.5) is 0 Å². The van der Waals surface area contributed by atoms with Crippen LogP contribution >= 0.6 is 0 Å². The van der Waals surface area contributed by atoms with Gasteiger partial charge in [-0.1, -0.05) is 17.7 Å². The van der Waals surface area contributed by atoms with Crippen LogP contribution in [0, 0.1) is 6.92 Å². The van der Waals surface area contributed by atoms with Gasteiger partial charge in [-0.15, -0.1) is 0 Å². The zero-order valence-corrected chi connectivity index (χ0v) is 7.84. The number of nitrogens with zero attached hydrogens (tertiary/aromatic N) is 2. The summed E-state index contributed by atoms with van der Waals surface area (Å²) in [6.45, 7) is 2.03. The van der Waals surface area contributed by atoms with Crippen LogP contribution in [-0.2, 0) is 0 Å². The summed E-state index contributed by atoms with van der Waals surface area (Å²) in [5.74, 6) is 1.28. The lowest BCUT2D eigenvalue weighted by Gasteiger charge is -2.03. The van der Waals surface area contributed by atoms with Crippen molar-refractivity contribution in [1.82, 2.24) is 9.97 Å². The van der Waals surface area contributed by atoms with Gasteiger partial charge in [-0.3, -0.25) is 4.98 Å². The highest BCUT2D eigenvalue weighted by Gasteiger charge is 1.96. The molecule has 0 aliphatic carbocycles. The number of rotatable bonds is 2. The van der Waals surface area contributed by atoms with Crippen molar-refractivity contribution in [3.8, 4) is 11.6 Å². The Hall–Kier alpha value is -1.90. The smallest absolute Gasteiger partial charge is 0.237 e. The Morgan fingerprint density at radius 1 is 1.07 bits per heavy atom. The first kappa shape index (κ1) is 8.69. The Bertz CT molecular complexity index is 397. The van der Waals surface area contributed by atoms with Crippen LogP contribution in [0.5, 0.6) is 11.6 Å². The van der Waals surface area contributed by atoms with E-state index < -0.39 is 0 Å². The van der Waals surface area contributed by atoms with E-state index in [1.807, 2.05) is 31.2 Å². The fourth-order valence-electron chi connectivity index (χ4n) is 1.07. The molecular formula is C11H10N2O. The topological polar surface area (TPSA) is 35.0 Å². The standard InChI is InChI=1S/C11H10N2O/c1-9-2-4-10(5-3-9)14-11-8-12-6-7-13-11/h2-8H,1H3. The summed E-state index contributed by atoms with van der Waals surface area (Å²) in [6, 6.07) is 7.80. The van der Waals surface area contributed by atoms with Gasteiger partial charge in [0.05, 0.1) is 6.20 Å². The van der Waals surface area contributed by atoms with Gasteiger partial charge in [-0.25, -0.2) is 4.98 Å². The van der Waals surface area contributed by atoms with Gasteiger partial charge < -0.3 is 4.74 Å². The summed E-state index contributed by atoms with van der Waals surface area (Å²) in [5, 5.41) is 0. The molecule has 0 atom stereocenters. The van der Waals surface area contributed by atoms with E-state index in [4.69, 9.17) is 4.74 Å². The molecule has 0 aliphatic rings. The summed E-state index contributed by atoms with van der Waals surface area (Å²) in [6.07, 6.45) is 4.80. The fraction of sp³-hybridized carbons (Fsp3) is 0.0909. The number of aryl methyl sites for hydroxylation is 1. The highest BCUT2D eigenvalue weighted by atomic mass is 16.5. The lowest BCUT2D eigenvalue weighted by molar-refractivity contribution is 0.460. The maximum absolute atomic E-state index is 5.46. The van der Waals surface area contributed by atoms with Crippen LogP contribution < -0.4 is 4.74 Å². The van der Waals surface area contributed by atoms with Crippen molar-refractivity contribution in [3.05, 3.63) is 48.4 Å². The largest absolute Gasteiger partial charge is 0.438 e. The maximum Gasteiger partial charge on any atom is 0.237 e. The normalized spacial score (nSPS) is 9.79. The van der Waals surface area contributed by atoms with Gasteiger partial charge in [-0.2, -0.15) is 0 Å². The van der Waals surface area contributed by atoms with E-state index in [1.54, 1.807) is 18.6 Å². The number of benzene rings is 1. The minimum Gasteiger partial charge on any atom is -0.438 e. The lowest BCUT2D eigenvalue weighted by atomic mass is 10.2. The van der Waals surface area contributed by atoms with Crippen LogP contribution in [-0.4, -0.2) is 9.97 Å². The zero-order chi connectivity index (χ0) is 9.80. The van der Waals surface area contributed by atoms with Crippen molar-refractivity contribution in [3.63, 3.8) is 0 Å². The monoisotopic (exact) mass is 186 g/mol. The van der Waals surface area contributed by atoms with Crippen LogP contribution in [0.25, 0.3) is 0 Å². The van der Waals surface area contributed by atoms with Crippen molar-refractivity contribution in [1.29, 1.82) is 0 Å². The molecular weight excluding hydrogens is 176 g/mol. The van der Waals surface area contributed by atoms with Gasteiger partial charge in [0.2, 0.25) is 5.88 Å². The quantitative estimate of drug-likeness (QED) is 0.723. The van der Waals surface area contributed by atoms with Crippen molar-refractivity contribution in [2.45, 2.75) is 6.92 Å². The Morgan fingerprint density at radius 2 is 1.86 bits per heavy atom. The molecule has 1 heterocycles. The Morgan fingerprint density at radius 3 is 2.50 bits per heavy atom. The molecule has 0 saturated carbocycles. The molecule has 3 nitrogen and oxygen atoms in total. The number of ether oxygens (including phenoxy) is 1. The van der Waals surface area contributed by atoms with Gasteiger partial charge >= 0.3 is 0 Å². The molecule has 0 aliphatic heterocycles. The molecule has 3 heteroatoms. The molecule has 2 aromatic rings. The molecule has 0 N–H and O–H groups in total. The molecule has 0 spiro atoms. The molecule has 0 unspecified atom stereocenters. The predicted octanol–water partition coefficient (Wildman–Crippen LogP) is 2.58. The highest BCUT2D eigenvalue weighted by Crippen LogP contribution is 2.17. The van der Waals surface area contributed by atoms with E-state index in [2.05, 4.69) is 9.97 Å². The Balaban J connectivity index is 2.16. The number of hydrogen-bond donors (Lipinski definition) is 0. The number of hydrogen-bond acceptors (Lipinski definition) is 3. The fourth-order valence-corrected chi connectivity index (χ4v) is 1.07. The second-order valence-electron chi connectivity index (χ2n) is 2.96. The molecule has 0 saturated heterocycles. The van der Waals surface area contributed by atoms with Crippen molar-refractivity contribution in [2.24, 2.45) is 0 Å². The van der Waals surface area contributed by atoms with E-state index in [1.165, 1.54) is 5.56 Å². The molecule has 0 radical (unpaired) electrons. The summed E-state index contributed by atoms with van der Waals surface area (Å²) < 4.78 is 5.46. The molecule has 70 valence electrons. The second kappa shape index (κ2) is 3.87. The van der Waals surface area contributed by atoms with E-state index in [9.17, 15) is 0 Å². The lowest BCUT2D eigenvalue weighted by Crippen LogP contribution is -1.87. The molecule has 1 aromatic heterocycles. The molecule has 0 amide bonds. The SMILES string of the molecule is Cc1ccc(Oc2cnccn2)cc1. The first-order chi connectivity index (χ1) is 6.84. The van der Waals surface area contributed by atoms with Gasteiger partial charge in [-0.05, 0) is 19.1 Å². The summed E-state index contributed by atoms with van der Waals surface area (Å²) in [7, 11) is 0. The van der Waals surface area contributed by atoms with E-state index in [0.717, 1.165) is 5.75 Å². The minimum absolute atomic E-state index is 0.511. The van der Waals surface area contributed by atoms with Gasteiger partial charge in [0.25, 0.3) is 0 Å². The van der Waals surface area contributed by atoms with Gasteiger partial charge in [0, 0.05) is 12.4 Å². The predicted molar refractivity (Wildman–Crippen MR) is 53.3 cm³/mol. The van der Waals surface area contributed by atoms with Crippen LogP contribution in [0.1, 0.15) is 5.56 Å². The zero-order valence-electron chi connectivity index (χ0n) is 7.84. The van der Waals surface area contributed by atoms with Gasteiger partial charge in [0.15, 0.2) is 0 Å². The maximum atomic E-state index is 5.46. The highest BCUT2D eigenvalue weighted by molar-refractivity contribution is 5.28. The Labute approximate surface area is 82.4 Å². The Kier molecular flexibility index (Phi) is 2.40. The summed E-state index contributed by atoms with van der Waals surface area (Å²) in [4.78, 5) is 7.92. The molecule has 1 aromatic carbocycles. The average molecular weight is 186 g/mol. The molecule has 14 heavy (non-hydrogen) atoms. The van der Waals surface area contributed by atoms with Crippen LogP contribution in [0.15, 0.2) is 42.9 Å². The van der Waals surface area contributed by atoms with E-state index in [-0.39, 0.29) is 0 Å². The summed E-state index contributed by atoms with van der Waals surface area (Å²) >= 11 is 0. The third-order valence-corrected chi connectivity index (χ3v) is 1.78. The molecule has 2 rings (SSSR count). The first-order valence-corrected chi connectivity index (χ1v) is 4.35. The first-order valence-electron chi connectivity index (χ1n) is 4.35. The van der Waals surface area contributed by atoms with Crippen molar-refractivity contribution < 1.29 is 4.74 Å². The third-order valence-electron chi connectivity index (χ3n) is 1.78. The molecule has 0 fully saturated rings. The van der Waals surface area contributed by atoms with Crippen LogP contribution in [0.3, 0.4) is 0 Å². The minimum atomic E-state index is 0.511. The van der Waals surface area contributed by atoms with Gasteiger partial charge in [0.1, 0.15) is 5.75 Å². The van der Waals surface area contributed by atoms with Crippen molar-refractivity contribution in [2.75, 3.05) is 0 Å². The van der Waals surface area contributed by atoms with Crippen molar-refractivity contribution >= 4 is 0 Å². The van der Waals surface area contributed by atoms with Crippen LogP contribution in [0.2, 0.25) is 0 Å². The average Bonchev–Trinajstić information content (AvgIpc) is 2.23. The second-order valence-corrected chi connectivity index (χ2v) is 2.96. The third kappa shape index (κ3) is 2.07. The van der Waals surface area contributed by atoms with E-state index in [0.29, 0.717) is 5.88 Å².